The lowest BCUT2D eigenvalue weighted by Gasteiger charge is -2.32. The molecule has 482 valence electrons. The molecule has 27 nitrogen and oxygen atoms in total. The molecule has 0 radical (unpaired) electrons. The quantitative estimate of drug-likeness (QED) is 0.0168. The minimum atomic E-state index is -1.75. The predicted molar refractivity (Wildman–Crippen MR) is 330 cm³/mol. The number of hydrogen-bond acceptors (Lipinski definition) is 14. The Balaban J connectivity index is 1.25. The number of guanidine groups is 1. The van der Waals surface area contributed by atoms with Gasteiger partial charge in [0.1, 0.15) is 60.1 Å². The van der Waals surface area contributed by atoms with Gasteiger partial charge in [0.05, 0.1) is 12.9 Å². The predicted octanol–water partition coefficient (Wildman–Crippen LogP) is -0.424. The molecular weight excluding hydrogens is 1150 g/mol. The first kappa shape index (κ1) is 69.0. The lowest BCUT2D eigenvalue weighted by atomic mass is 9.96. The summed E-state index contributed by atoms with van der Waals surface area (Å²) in [4.78, 5) is 155. The highest BCUT2D eigenvalue weighted by Gasteiger charge is 2.41. The number of carbonyl (C=O) groups is 10. The van der Waals surface area contributed by atoms with Gasteiger partial charge in [-0.1, -0.05) is 82.3 Å². The van der Waals surface area contributed by atoms with Gasteiger partial charge in [0, 0.05) is 64.3 Å². The molecule has 0 aliphatic carbocycles. The SMILES string of the molecule is CCNC(=O)[C@@H]1CCCN1C(=O)[C@H](CCCN=C(N)N)NC(=O)[C@H](CC(C)C)NC(=O)[C@@H](CC(C)C)NC(=O)[C@H](Cc1ccc(O)cc1)NC(=O)[C@H](CO)NC(=O)[C@H](Cc1cccc2ccccc12)N(C)C(=O)[C@H](Cc1cnc[nH]1)NC(=O)[C@@H]1CCC(=O)N1. The van der Waals surface area contributed by atoms with Crippen molar-refractivity contribution in [1.29, 1.82) is 0 Å². The molecule has 3 aromatic carbocycles. The van der Waals surface area contributed by atoms with E-state index in [-0.39, 0.29) is 106 Å². The maximum Gasteiger partial charge on any atom is 0.245 e. The highest BCUT2D eigenvalue weighted by Crippen LogP contribution is 2.24. The standard InChI is InChI=1S/C62H87N15O12/c1-7-66-58(86)50-18-12-26-77(50)61(89)44(17-11-25-67-62(63)64)70-54(82)45(27-35(2)3)71-55(83)46(28-36(4)5)72-56(84)47(29-37-19-21-41(79)22-20-37)73-57(85)49(33-78)75-59(87)51(30-39-15-10-14-38-13-8-9-16-42(38)39)76(6)60(88)48(31-40-32-65-34-68-40)74-53(81)43-23-24-52(80)69-43/h8-10,13-16,19-22,32,34-36,43-51,78-79H,7,11-12,17-18,23-31,33H2,1-6H3,(H,65,68)(H,66,86)(H,69,80)(H,70,82)(H,71,83)(H,72,84)(H,73,85)(H,74,81)(H,75,87)(H4,63,64,67)/t43-,44-,45-,46+,47-,48-,49-,50-,51-/m0/s1. The van der Waals surface area contributed by atoms with E-state index in [1.54, 1.807) is 19.1 Å². The number of aliphatic hydroxyl groups excluding tert-OH is 1. The van der Waals surface area contributed by atoms with Crippen LogP contribution in [0.25, 0.3) is 10.8 Å². The summed E-state index contributed by atoms with van der Waals surface area (Å²) in [6.45, 7) is 8.84. The van der Waals surface area contributed by atoms with Gasteiger partial charge in [0.25, 0.3) is 0 Å². The summed E-state index contributed by atoms with van der Waals surface area (Å²) in [5.74, 6) is -7.38. The average molecular weight is 1230 g/mol. The van der Waals surface area contributed by atoms with Crippen molar-refractivity contribution in [2.24, 2.45) is 28.3 Å². The molecule has 2 aliphatic heterocycles. The number of rotatable bonds is 32. The Morgan fingerprint density at radius 3 is 1.96 bits per heavy atom. The van der Waals surface area contributed by atoms with E-state index >= 15 is 0 Å². The second-order valence-corrected chi connectivity index (χ2v) is 23.5. The molecule has 1 aromatic heterocycles. The van der Waals surface area contributed by atoms with Crippen LogP contribution in [0, 0.1) is 11.8 Å². The van der Waals surface area contributed by atoms with Gasteiger partial charge >= 0.3 is 0 Å². The second kappa shape index (κ2) is 33.3. The Morgan fingerprint density at radius 2 is 1.35 bits per heavy atom. The molecule has 10 amide bonds. The van der Waals surface area contributed by atoms with Gasteiger partial charge in [-0.3, -0.25) is 52.9 Å². The van der Waals surface area contributed by atoms with Gasteiger partial charge in [-0.05, 0) is 97.7 Å². The fraction of sp³-hybridized carbons (Fsp3) is 0.516. The molecule has 4 aromatic rings. The summed E-state index contributed by atoms with van der Waals surface area (Å²) in [5, 5.41) is 44.4. The van der Waals surface area contributed by atoms with Crippen molar-refractivity contribution < 1.29 is 58.2 Å². The van der Waals surface area contributed by atoms with Crippen molar-refractivity contribution in [3.8, 4) is 5.75 Å². The topological polar surface area (TPSA) is 407 Å². The molecule has 15 N–H and O–H groups in total. The number of phenolic OH excluding ortho intramolecular Hbond substituents is 1. The molecule has 2 aliphatic rings. The van der Waals surface area contributed by atoms with E-state index in [1.165, 1.54) is 48.7 Å². The number of amides is 10. The van der Waals surface area contributed by atoms with Crippen molar-refractivity contribution in [2.45, 2.75) is 160 Å². The average Bonchev–Trinajstić information content (AvgIpc) is 1.75. The summed E-state index contributed by atoms with van der Waals surface area (Å²) in [6, 6.07) is 7.29. The number of fused-ring (bicyclic) bond motifs is 1. The first-order valence-corrected chi connectivity index (χ1v) is 30.3. The number of phenols is 1. The number of aliphatic hydroxyl groups is 1. The van der Waals surface area contributed by atoms with Crippen LogP contribution in [0.3, 0.4) is 0 Å². The van der Waals surface area contributed by atoms with Crippen molar-refractivity contribution in [2.75, 3.05) is 33.3 Å². The molecule has 2 fully saturated rings. The van der Waals surface area contributed by atoms with Crippen LogP contribution in [0.15, 0.2) is 84.2 Å². The van der Waals surface area contributed by atoms with Crippen LogP contribution in [0.5, 0.6) is 5.75 Å². The van der Waals surface area contributed by atoms with E-state index in [2.05, 4.69) is 57.5 Å². The number of aromatic nitrogens is 2. The van der Waals surface area contributed by atoms with Gasteiger partial charge in [-0.15, -0.1) is 0 Å². The molecule has 3 heterocycles. The van der Waals surface area contributed by atoms with Crippen molar-refractivity contribution in [3.05, 3.63) is 96.1 Å². The van der Waals surface area contributed by atoms with Crippen LogP contribution in [0.4, 0.5) is 0 Å². The van der Waals surface area contributed by atoms with Gasteiger partial charge in [-0.25, -0.2) is 4.98 Å². The lowest BCUT2D eigenvalue weighted by Crippen LogP contribution is -2.61. The number of likely N-dealkylation sites (N-methyl/N-ethyl adjacent to an activating group) is 2. The summed E-state index contributed by atoms with van der Waals surface area (Å²) in [5.41, 5.74) is 12.7. The minimum absolute atomic E-state index is 0.0404. The highest BCUT2D eigenvalue weighted by atomic mass is 16.3. The van der Waals surface area contributed by atoms with E-state index in [1.807, 2.05) is 58.0 Å². The summed E-state index contributed by atoms with van der Waals surface area (Å²) < 4.78 is 0. The van der Waals surface area contributed by atoms with Crippen LogP contribution in [-0.2, 0) is 67.2 Å². The third-order valence-electron chi connectivity index (χ3n) is 15.6. The Labute approximate surface area is 517 Å². The Morgan fingerprint density at radius 1 is 0.730 bits per heavy atom. The van der Waals surface area contributed by atoms with Gasteiger partial charge in [0.2, 0.25) is 59.1 Å². The molecular formula is C62H87N15O12. The number of nitrogens with one attached hydrogen (secondary N) is 9. The number of benzene rings is 3. The van der Waals surface area contributed by atoms with Crippen LogP contribution in [0.1, 0.15) is 103 Å². The number of hydrogen-bond donors (Lipinski definition) is 13. The molecule has 0 unspecified atom stereocenters. The van der Waals surface area contributed by atoms with Gasteiger partial charge in [-0.2, -0.15) is 0 Å². The number of aromatic amines is 1. The van der Waals surface area contributed by atoms with Gasteiger partial charge < -0.3 is 79.0 Å². The third kappa shape index (κ3) is 20.2. The summed E-state index contributed by atoms with van der Waals surface area (Å²) >= 11 is 0. The molecule has 0 spiro atoms. The third-order valence-corrected chi connectivity index (χ3v) is 15.6. The van der Waals surface area contributed by atoms with Crippen molar-refractivity contribution >= 4 is 75.8 Å². The number of aliphatic imine (C=N–C) groups is 1. The molecule has 0 bridgehead atoms. The number of imidazole rings is 1. The smallest absolute Gasteiger partial charge is 0.245 e. The molecule has 89 heavy (non-hydrogen) atoms. The van der Waals surface area contributed by atoms with Crippen molar-refractivity contribution in [3.63, 3.8) is 0 Å². The van der Waals surface area contributed by atoms with Crippen LogP contribution in [-0.4, -0.2) is 183 Å². The van der Waals surface area contributed by atoms with Crippen LogP contribution in [0.2, 0.25) is 0 Å². The maximum atomic E-state index is 14.9. The zero-order valence-corrected chi connectivity index (χ0v) is 51.4. The number of H-pyrrole nitrogens is 1. The number of nitrogens with two attached hydrogens (primary N) is 2. The van der Waals surface area contributed by atoms with E-state index < -0.39 is 108 Å². The normalized spacial score (nSPS) is 17.0. The Kier molecular flexibility index (Phi) is 25.8. The largest absolute Gasteiger partial charge is 0.508 e. The number of likely N-dealkylation sites (tertiary alicyclic amines) is 1. The summed E-state index contributed by atoms with van der Waals surface area (Å²) in [7, 11) is 1.37. The molecule has 9 atom stereocenters. The van der Waals surface area contributed by atoms with E-state index in [9.17, 15) is 58.2 Å². The van der Waals surface area contributed by atoms with Gasteiger partial charge in [0.15, 0.2) is 5.96 Å². The van der Waals surface area contributed by atoms with Crippen LogP contribution >= 0.6 is 0 Å². The Bertz CT molecular complexity index is 3130. The molecule has 2 saturated heterocycles. The zero-order valence-electron chi connectivity index (χ0n) is 51.4. The van der Waals surface area contributed by atoms with E-state index in [0.717, 1.165) is 15.7 Å². The lowest BCUT2D eigenvalue weighted by molar-refractivity contribution is -0.143. The monoisotopic (exact) mass is 1230 g/mol. The fourth-order valence-corrected chi connectivity index (χ4v) is 11.0. The fourth-order valence-electron chi connectivity index (χ4n) is 11.0. The second-order valence-electron chi connectivity index (χ2n) is 23.5. The first-order valence-electron chi connectivity index (χ1n) is 30.3. The first-order chi connectivity index (χ1) is 42.5. The molecule has 27 heteroatoms. The molecule has 0 saturated carbocycles. The maximum absolute atomic E-state index is 14.9. The number of nitrogens with zero attached hydrogens (tertiary/aromatic N) is 4. The Hall–Kier alpha value is -9.14. The van der Waals surface area contributed by atoms with Crippen LogP contribution < -0.4 is 54.0 Å². The minimum Gasteiger partial charge on any atom is -0.508 e. The van der Waals surface area contributed by atoms with E-state index in [0.29, 0.717) is 36.2 Å². The number of carbonyl (C=O) groups excluding carboxylic acids is 10. The zero-order chi connectivity index (χ0) is 64.9. The highest BCUT2D eigenvalue weighted by molar-refractivity contribution is 5.99. The summed E-state index contributed by atoms with van der Waals surface area (Å²) in [6.07, 6.45) is 4.24. The number of aromatic hydroxyl groups is 1. The van der Waals surface area contributed by atoms with E-state index in [4.69, 9.17) is 11.5 Å². The van der Waals surface area contributed by atoms with Crippen molar-refractivity contribution in [1.82, 2.24) is 62.3 Å². The molecule has 6 rings (SSSR count).